The van der Waals surface area contributed by atoms with E-state index in [1.165, 1.54) is 0 Å². The first-order chi connectivity index (χ1) is 3.31. The molecule has 0 aromatic heterocycles. The smallest absolute Gasteiger partial charge is 0.00925 e. The molecule has 0 aliphatic heterocycles. The molecule has 7 heavy (non-hydrogen) atoms. The predicted octanol–water partition coefficient (Wildman–Crippen LogP) is 1.75. The van der Waals surface area contributed by atoms with E-state index < -0.39 is 0 Å². The first-order valence-corrected chi connectivity index (χ1v) is 2.06. The molecule has 0 bridgehead atoms. The van der Waals surface area contributed by atoms with Gasteiger partial charge in [-0.2, -0.15) is 0 Å². The summed E-state index contributed by atoms with van der Waals surface area (Å²) in [5, 5.41) is 0. The van der Waals surface area contributed by atoms with Crippen LogP contribution in [0.5, 0.6) is 0 Å². The van der Waals surface area contributed by atoms with Gasteiger partial charge in [-0.05, 0) is 18.6 Å². The van der Waals surface area contributed by atoms with Crippen LogP contribution in [0.25, 0.3) is 0 Å². The van der Waals surface area contributed by atoms with Crippen molar-refractivity contribution in [2.45, 2.75) is 6.92 Å². The van der Waals surface area contributed by atoms with Gasteiger partial charge in [-0.3, -0.25) is 0 Å². The minimum Gasteiger partial charge on any atom is -0.115 e. The number of rotatable bonds is 1. The Labute approximate surface area is 44.5 Å². The van der Waals surface area contributed by atoms with E-state index in [0.29, 0.717) is 0 Å². The van der Waals surface area contributed by atoms with Crippen molar-refractivity contribution in [3.63, 3.8) is 0 Å². The second-order valence-electron chi connectivity index (χ2n) is 1.26. The van der Waals surface area contributed by atoms with E-state index in [4.69, 9.17) is 6.42 Å². The van der Waals surface area contributed by atoms with Gasteiger partial charge in [0.2, 0.25) is 0 Å². The Kier molecular flexibility index (Phi) is 2.79. The van der Waals surface area contributed by atoms with Crippen molar-refractivity contribution in [2.75, 3.05) is 0 Å². The summed E-state index contributed by atoms with van der Waals surface area (Å²) in [6, 6.07) is 0. The lowest BCUT2D eigenvalue weighted by molar-refractivity contribution is 1.55. The maximum atomic E-state index is 4.93. The van der Waals surface area contributed by atoms with E-state index in [2.05, 4.69) is 12.5 Å². The maximum Gasteiger partial charge on any atom is -0.00925 e. The summed E-state index contributed by atoms with van der Waals surface area (Å²) in [4.78, 5) is 0. The summed E-state index contributed by atoms with van der Waals surface area (Å²) in [5.41, 5.74) is 1.03. The molecule has 0 aromatic carbocycles. The third kappa shape index (κ3) is 2.85. The average molecular weight is 92.1 g/mol. The van der Waals surface area contributed by atoms with Crippen LogP contribution in [0.3, 0.4) is 0 Å². The molecule has 0 unspecified atom stereocenters. The van der Waals surface area contributed by atoms with Gasteiger partial charge in [0.05, 0.1) is 0 Å². The first kappa shape index (κ1) is 6.04. The molecule has 0 aliphatic carbocycles. The predicted molar refractivity (Wildman–Crippen MR) is 32.8 cm³/mol. The molecular weight excluding hydrogens is 84.1 g/mol. The van der Waals surface area contributed by atoms with Crippen molar-refractivity contribution < 1.29 is 0 Å². The Balaban J connectivity index is 3.80. The van der Waals surface area contributed by atoms with E-state index in [-0.39, 0.29) is 0 Å². The fourth-order valence-corrected chi connectivity index (χ4v) is 0.190. The van der Waals surface area contributed by atoms with E-state index in [1.54, 1.807) is 12.2 Å². The number of hydrogen-bond donors (Lipinski definition) is 0. The van der Waals surface area contributed by atoms with E-state index >= 15 is 0 Å². The van der Waals surface area contributed by atoms with Crippen LogP contribution in [0.2, 0.25) is 0 Å². The molecule has 0 N–H and O–H groups in total. The summed E-state index contributed by atoms with van der Waals surface area (Å²) in [6.07, 6.45) is 8.33. The highest BCUT2D eigenvalue weighted by Gasteiger charge is 1.69. The van der Waals surface area contributed by atoms with Crippen LogP contribution >= 0.6 is 0 Å². The Hall–Kier alpha value is -0.960. The van der Waals surface area contributed by atoms with Gasteiger partial charge in [0.15, 0.2) is 0 Å². The third-order valence-corrected chi connectivity index (χ3v) is 0.633. The minimum atomic E-state index is 1.03. The standard InChI is InChI=1S/C7H8/c1-4-6-7(3)5-2/h1,5-6H,2H2,3H3/b7-6-. The summed E-state index contributed by atoms with van der Waals surface area (Å²) in [5.74, 6) is 2.39. The lowest BCUT2D eigenvalue weighted by atomic mass is 10.3. The van der Waals surface area contributed by atoms with Gasteiger partial charge in [-0.15, -0.1) is 6.42 Å². The lowest BCUT2D eigenvalue weighted by Crippen LogP contribution is -1.59. The summed E-state index contributed by atoms with van der Waals surface area (Å²) in [6.45, 7) is 5.42. The van der Waals surface area contributed by atoms with Crippen LogP contribution in [-0.2, 0) is 0 Å². The zero-order valence-corrected chi connectivity index (χ0v) is 4.44. The second kappa shape index (κ2) is 3.24. The number of hydrogen-bond acceptors (Lipinski definition) is 0. The van der Waals surface area contributed by atoms with E-state index in [9.17, 15) is 0 Å². The van der Waals surface area contributed by atoms with Crippen LogP contribution in [-0.4, -0.2) is 0 Å². The van der Waals surface area contributed by atoms with Gasteiger partial charge in [0.25, 0.3) is 0 Å². The molecule has 0 saturated heterocycles. The lowest BCUT2D eigenvalue weighted by Gasteiger charge is -1.78. The van der Waals surface area contributed by atoms with Crippen LogP contribution in [0, 0.1) is 12.3 Å². The molecular formula is C7H8. The highest BCUT2D eigenvalue weighted by atomic mass is 13.7. The molecule has 0 rings (SSSR count). The van der Waals surface area contributed by atoms with Gasteiger partial charge in [0, 0.05) is 0 Å². The van der Waals surface area contributed by atoms with Crippen LogP contribution in [0.15, 0.2) is 24.3 Å². The van der Waals surface area contributed by atoms with Crippen molar-refractivity contribution in [3.8, 4) is 12.3 Å². The third-order valence-electron chi connectivity index (χ3n) is 0.633. The molecule has 0 aliphatic rings. The molecule has 0 heteroatoms. The topological polar surface area (TPSA) is 0 Å². The average Bonchev–Trinajstić information content (AvgIpc) is 1.68. The van der Waals surface area contributed by atoms with Crippen LogP contribution in [0.1, 0.15) is 6.92 Å². The van der Waals surface area contributed by atoms with Gasteiger partial charge < -0.3 is 0 Å². The molecule has 0 saturated carbocycles. The van der Waals surface area contributed by atoms with Gasteiger partial charge in [-0.1, -0.05) is 18.6 Å². The Morgan fingerprint density at radius 3 is 2.57 bits per heavy atom. The fraction of sp³-hybridized carbons (Fsp3) is 0.143. The molecule has 0 heterocycles. The fourth-order valence-electron chi connectivity index (χ4n) is 0.190. The summed E-state index contributed by atoms with van der Waals surface area (Å²) in [7, 11) is 0. The number of terminal acetylenes is 1. The Morgan fingerprint density at radius 1 is 1.86 bits per heavy atom. The zero-order chi connectivity index (χ0) is 5.70. The highest BCUT2D eigenvalue weighted by Crippen LogP contribution is 1.88. The van der Waals surface area contributed by atoms with E-state index in [1.807, 2.05) is 6.92 Å². The normalized spacial score (nSPS) is 10.0. The molecule has 0 nitrogen and oxygen atoms in total. The molecule has 0 aromatic rings. The quantitative estimate of drug-likeness (QED) is 0.341. The Bertz CT molecular complexity index is 121. The van der Waals surface area contributed by atoms with Gasteiger partial charge in [0.1, 0.15) is 0 Å². The zero-order valence-electron chi connectivity index (χ0n) is 4.44. The van der Waals surface area contributed by atoms with E-state index in [0.717, 1.165) is 5.57 Å². The van der Waals surface area contributed by atoms with Crippen molar-refractivity contribution >= 4 is 0 Å². The molecule has 0 amide bonds. The maximum absolute atomic E-state index is 4.93. The monoisotopic (exact) mass is 92.1 g/mol. The summed E-state index contributed by atoms with van der Waals surface area (Å²) < 4.78 is 0. The van der Waals surface area contributed by atoms with Crippen molar-refractivity contribution in [1.29, 1.82) is 0 Å². The molecule has 36 valence electrons. The minimum absolute atomic E-state index is 1.03. The van der Waals surface area contributed by atoms with Crippen LogP contribution < -0.4 is 0 Å². The molecule has 0 radical (unpaired) electrons. The Morgan fingerprint density at radius 2 is 2.43 bits per heavy atom. The molecule has 0 spiro atoms. The van der Waals surface area contributed by atoms with Crippen molar-refractivity contribution in [1.82, 2.24) is 0 Å². The second-order valence-corrected chi connectivity index (χ2v) is 1.26. The largest absolute Gasteiger partial charge is 0.115 e. The SMILES string of the molecule is C#C/C=C(/C)C=C. The summed E-state index contributed by atoms with van der Waals surface area (Å²) >= 11 is 0. The van der Waals surface area contributed by atoms with Gasteiger partial charge in [-0.25, -0.2) is 0 Å². The van der Waals surface area contributed by atoms with Crippen LogP contribution in [0.4, 0.5) is 0 Å². The number of allylic oxidation sites excluding steroid dienone is 3. The van der Waals surface area contributed by atoms with Gasteiger partial charge >= 0.3 is 0 Å². The molecule has 0 fully saturated rings. The highest BCUT2D eigenvalue weighted by molar-refractivity contribution is 5.23. The van der Waals surface area contributed by atoms with Crippen molar-refractivity contribution in [2.24, 2.45) is 0 Å². The first-order valence-electron chi connectivity index (χ1n) is 2.06. The van der Waals surface area contributed by atoms with Crippen molar-refractivity contribution in [3.05, 3.63) is 24.3 Å². The molecule has 0 atom stereocenters.